The van der Waals surface area contributed by atoms with E-state index in [4.69, 9.17) is 4.43 Å². The zero-order valence-electron chi connectivity index (χ0n) is 21.4. The number of likely N-dealkylation sites (tertiary alicyclic amines) is 1. The van der Waals surface area contributed by atoms with Gasteiger partial charge in [0, 0.05) is 13.0 Å². The van der Waals surface area contributed by atoms with Crippen LogP contribution in [0.3, 0.4) is 0 Å². The average molecular weight is 452 g/mol. The minimum atomic E-state index is -2.21. The molecule has 3 unspecified atom stereocenters. The van der Waals surface area contributed by atoms with Crippen LogP contribution in [-0.4, -0.2) is 49.2 Å². The summed E-state index contributed by atoms with van der Waals surface area (Å²) >= 11 is 0. The van der Waals surface area contributed by atoms with Crippen LogP contribution in [0.4, 0.5) is 0 Å². The molecule has 1 N–H and O–H groups in total. The summed E-state index contributed by atoms with van der Waals surface area (Å²) in [6, 6.07) is -0.692. The van der Waals surface area contributed by atoms with E-state index in [0.29, 0.717) is 16.6 Å². The summed E-state index contributed by atoms with van der Waals surface area (Å²) in [5.74, 6) is -1.00. The van der Waals surface area contributed by atoms with Gasteiger partial charge in [-0.1, -0.05) is 60.6 Å². The summed E-state index contributed by atoms with van der Waals surface area (Å²) in [5.41, 5.74) is 1.10. The van der Waals surface area contributed by atoms with Gasteiger partial charge in [0.05, 0.1) is 6.10 Å². The number of hydrogen-bond acceptors (Lipinski definition) is 4. The van der Waals surface area contributed by atoms with Crippen molar-refractivity contribution in [3.8, 4) is 0 Å². The first-order valence-corrected chi connectivity index (χ1v) is 14.0. The summed E-state index contributed by atoms with van der Waals surface area (Å²) in [4.78, 5) is 27.7. The minimum Gasteiger partial charge on any atom is -0.511 e. The molecule has 0 saturated carbocycles. The molecule has 1 aliphatic rings. The molecule has 1 heterocycles. The highest BCUT2D eigenvalue weighted by atomic mass is 28.4. The highest BCUT2D eigenvalue weighted by molar-refractivity contribution is 6.77. The molecule has 3 atom stereocenters. The number of allylic oxidation sites excluding steroid dienone is 3. The number of Topliss-reactive ketones (excluding diaryl/α,β-unsaturated/α-hetero) is 1. The van der Waals surface area contributed by atoms with Crippen molar-refractivity contribution >= 4 is 20.0 Å². The van der Waals surface area contributed by atoms with Crippen molar-refractivity contribution in [3.63, 3.8) is 0 Å². The van der Waals surface area contributed by atoms with E-state index in [1.807, 2.05) is 26.8 Å². The Morgan fingerprint density at radius 1 is 1.06 bits per heavy atom. The van der Waals surface area contributed by atoms with Crippen LogP contribution in [0, 0.1) is 5.92 Å². The third kappa shape index (κ3) is 5.70. The van der Waals surface area contributed by atoms with Gasteiger partial charge in [-0.25, -0.2) is 0 Å². The SMILES string of the molecule is C/C=C/CCCC(C)/C(O)=C1/C(=O)C(C(C)O[Si](C(C)C)(C(C)C)C(C)C)N(C)C1=O. The zero-order valence-corrected chi connectivity index (χ0v) is 22.4. The summed E-state index contributed by atoms with van der Waals surface area (Å²) in [6.07, 6.45) is 6.21. The largest absolute Gasteiger partial charge is 0.511 e. The van der Waals surface area contributed by atoms with E-state index in [0.717, 1.165) is 19.3 Å². The first-order valence-electron chi connectivity index (χ1n) is 11.9. The number of hydrogen-bond donors (Lipinski definition) is 1. The molecule has 31 heavy (non-hydrogen) atoms. The number of carbonyl (C=O) groups excluding carboxylic acids is 2. The lowest BCUT2D eigenvalue weighted by atomic mass is 9.95. The molecule has 0 aromatic rings. The second kappa shape index (κ2) is 11.5. The van der Waals surface area contributed by atoms with Crippen LogP contribution in [0.15, 0.2) is 23.5 Å². The normalized spacial score (nSPS) is 21.8. The van der Waals surface area contributed by atoms with Crippen LogP contribution in [0.2, 0.25) is 16.6 Å². The van der Waals surface area contributed by atoms with Gasteiger partial charge in [0.15, 0.2) is 5.78 Å². The number of carbonyl (C=O) groups is 2. The van der Waals surface area contributed by atoms with Crippen LogP contribution < -0.4 is 0 Å². The first-order chi connectivity index (χ1) is 14.3. The van der Waals surface area contributed by atoms with Crippen molar-refractivity contribution < 1.29 is 19.1 Å². The van der Waals surface area contributed by atoms with Gasteiger partial charge in [-0.15, -0.1) is 0 Å². The number of aliphatic hydroxyl groups is 1. The fourth-order valence-electron chi connectivity index (χ4n) is 5.38. The first kappa shape index (κ1) is 27.6. The molecule has 6 heteroatoms. The van der Waals surface area contributed by atoms with Crippen molar-refractivity contribution in [3.05, 3.63) is 23.5 Å². The summed E-state index contributed by atoms with van der Waals surface area (Å²) < 4.78 is 6.79. The summed E-state index contributed by atoms with van der Waals surface area (Å²) in [7, 11) is -0.567. The molecule has 178 valence electrons. The third-order valence-electron chi connectivity index (χ3n) is 6.97. The maximum atomic E-state index is 13.3. The van der Waals surface area contributed by atoms with E-state index in [2.05, 4.69) is 47.6 Å². The third-order valence-corrected chi connectivity index (χ3v) is 13.2. The fraction of sp³-hybridized carbons (Fsp3) is 0.760. The number of rotatable bonds is 11. The lowest BCUT2D eigenvalue weighted by Gasteiger charge is -2.45. The van der Waals surface area contributed by atoms with Gasteiger partial charge in [0.25, 0.3) is 5.91 Å². The second-order valence-electron chi connectivity index (χ2n) is 10.0. The van der Waals surface area contributed by atoms with Crippen LogP contribution in [0.1, 0.15) is 81.6 Å². The molecule has 0 radical (unpaired) electrons. The van der Waals surface area contributed by atoms with Gasteiger partial charge < -0.3 is 14.4 Å². The Balaban J connectivity index is 3.17. The van der Waals surface area contributed by atoms with Crippen molar-refractivity contribution in [1.82, 2.24) is 4.90 Å². The highest BCUT2D eigenvalue weighted by Crippen LogP contribution is 2.44. The summed E-state index contributed by atoms with van der Waals surface area (Å²) in [6.45, 7) is 19.0. The van der Waals surface area contributed by atoms with Gasteiger partial charge in [-0.2, -0.15) is 0 Å². The lowest BCUT2D eigenvalue weighted by Crippen LogP contribution is -2.54. The monoisotopic (exact) mass is 451 g/mol. The zero-order chi connectivity index (χ0) is 24.1. The molecule has 1 aliphatic heterocycles. The average Bonchev–Trinajstić information content (AvgIpc) is 2.90. The molecule has 0 aliphatic carbocycles. The Hall–Kier alpha value is -1.40. The Morgan fingerprint density at radius 3 is 2.03 bits per heavy atom. The molecule has 0 bridgehead atoms. The molecule has 1 amide bonds. The number of likely N-dealkylation sites (N-methyl/N-ethyl adjacent to an activating group) is 1. The van der Waals surface area contributed by atoms with Crippen molar-refractivity contribution in [2.75, 3.05) is 7.05 Å². The van der Waals surface area contributed by atoms with E-state index >= 15 is 0 Å². The Bertz CT molecular complexity index is 674. The number of ketones is 1. The Labute approximate surface area is 191 Å². The topological polar surface area (TPSA) is 66.8 Å². The molecule has 5 nitrogen and oxygen atoms in total. The molecular formula is C25H45NO4Si. The van der Waals surface area contributed by atoms with Crippen molar-refractivity contribution in [1.29, 1.82) is 0 Å². The highest BCUT2D eigenvalue weighted by Gasteiger charge is 2.51. The van der Waals surface area contributed by atoms with Crippen LogP contribution in [0.5, 0.6) is 0 Å². The molecule has 1 fully saturated rings. The van der Waals surface area contributed by atoms with E-state index < -0.39 is 26.4 Å². The molecule has 1 saturated heterocycles. The van der Waals surface area contributed by atoms with Gasteiger partial charge in [-0.3, -0.25) is 9.59 Å². The standard InChI is InChI=1S/C25H45NO4Si/c1-11-12-13-14-15-19(8)23(27)21-24(28)22(26(10)25(21)29)20(9)30-31(16(2)3,17(4)5)18(6)7/h11-12,16-20,22,27H,13-15H2,1-10H3/b12-11+,23-21+. The minimum absolute atomic E-state index is 0.0487. The van der Waals surface area contributed by atoms with Gasteiger partial charge in [0.2, 0.25) is 8.32 Å². The predicted octanol–water partition coefficient (Wildman–Crippen LogP) is 6.17. The molecule has 0 aromatic carbocycles. The number of aliphatic hydroxyl groups excluding tert-OH is 1. The second-order valence-corrected chi connectivity index (χ2v) is 15.4. The molecule has 1 rings (SSSR count). The Kier molecular flexibility index (Phi) is 10.2. The van der Waals surface area contributed by atoms with Gasteiger partial charge in [0.1, 0.15) is 17.4 Å². The lowest BCUT2D eigenvalue weighted by molar-refractivity contribution is -0.127. The number of amides is 1. The smallest absolute Gasteiger partial charge is 0.261 e. The van der Waals surface area contributed by atoms with Crippen molar-refractivity contribution in [2.24, 2.45) is 5.92 Å². The van der Waals surface area contributed by atoms with E-state index in [-0.39, 0.29) is 23.0 Å². The van der Waals surface area contributed by atoms with Crippen LogP contribution >= 0.6 is 0 Å². The maximum Gasteiger partial charge on any atom is 0.261 e. The molecular weight excluding hydrogens is 406 g/mol. The van der Waals surface area contributed by atoms with Crippen LogP contribution in [0.25, 0.3) is 0 Å². The molecule has 0 spiro atoms. The number of nitrogens with zero attached hydrogens (tertiary/aromatic N) is 1. The van der Waals surface area contributed by atoms with E-state index in [1.165, 1.54) is 4.90 Å². The summed E-state index contributed by atoms with van der Waals surface area (Å²) in [5, 5.41) is 10.8. The van der Waals surface area contributed by atoms with Gasteiger partial charge in [-0.05, 0) is 49.7 Å². The van der Waals surface area contributed by atoms with Crippen LogP contribution in [-0.2, 0) is 14.0 Å². The van der Waals surface area contributed by atoms with E-state index in [9.17, 15) is 14.7 Å². The quantitative estimate of drug-likeness (QED) is 0.102. The van der Waals surface area contributed by atoms with E-state index in [1.54, 1.807) is 7.05 Å². The maximum absolute atomic E-state index is 13.3. The molecule has 0 aromatic heterocycles. The van der Waals surface area contributed by atoms with Crippen molar-refractivity contribution in [2.45, 2.75) is 110 Å². The number of unbranched alkanes of at least 4 members (excludes halogenated alkanes) is 1. The Morgan fingerprint density at radius 2 is 1.58 bits per heavy atom. The van der Waals surface area contributed by atoms with Gasteiger partial charge >= 0.3 is 0 Å². The fourth-order valence-corrected chi connectivity index (χ4v) is 11.0. The predicted molar refractivity (Wildman–Crippen MR) is 131 cm³/mol.